The highest BCUT2D eigenvalue weighted by molar-refractivity contribution is 9.10. The molecule has 0 aliphatic heterocycles. The summed E-state index contributed by atoms with van der Waals surface area (Å²) < 4.78 is 4.52. The summed E-state index contributed by atoms with van der Waals surface area (Å²) in [4.78, 5) is 37.9. The maximum Gasteiger partial charge on any atom is 0.248 e. The minimum atomic E-state index is -0.110. The van der Waals surface area contributed by atoms with Crippen LogP contribution in [0.5, 0.6) is 0 Å². The summed E-state index contributed by atoms with van der Waals surface area (Å²) in [7, 11) is 0. The number of hydrogen-bond donors (Lipinski definition) is 4. The van der Waals surface area contributed by atoms with Crippen LogP contribution >= 0.6 is 15.9 Å². The Morgan fingerprint density at radius 3 is 2.04 bits per heavy atom. The van der Waals surface area contributed by atoms with Crippen LogP contribution in [-0.4, -0.2) is 39.2 Å². The van der Waals surface area contributed by atoms with E-state index >= 15 is 0 Å². The van der Waals surface area contributed by atoms with Crippen LogP contribution in [0.1, 0.15) is 67.3 Å². The van der Waals surface area contributed by atoms with Gasteiger partial charge in [0.25, 0.3) is 0 Å². The lowest BCUT2D eigenvalue weighted by Crippen LogP contribution is -2.12. The zero-order valence-corrected chi connectivity index (χ0v) is 29.9. The molecule has 0 amide bonds. The van der Waals surface area contributed by atoms with E-state index in [4.69, 9.17) is 9.97 Å². The third kappa shape index (κ3) is 7.93. The molecule has 0 atom stereocenters. The Kier molecular flexibility index (Phi) is 10.3. The summed E-state index contributed by atoms with van der Waals surface area (Å²) in [6.07, 6.45) is 14.1. The Hall–Kier alpha value is -5.56. The Labute approximate surface area is 302 Å². The summed E-state index contributed by atoms with van der Waals surface area (Å²) in [5.41, 5.74) is 7.48. The first-order chi connectivity index (χ1) is 24.9. The van der Waals surface area contributed by atoms with Crippen molar-refractivity contribution in [1.82, 2.24) is 39.2 Å². The molecule has 7 aromatic rings. The van der Waals surface area contributed by atoms with Gasteiger partial charge in [-0.2, -0.15) is 19.2 Å². The third-order valence-electron chi connectivity index (χ3n) is 9.09. The van der Waals surface area contributed by atoms with Gasteiger partial charge in [0.15, 0.2) is 11.3 Å². The fraction of sp³-hybridized carbons (Fsp3) is 0.263. The summed E-state index contributed by atoms with van der Waals surface area (Å²) in [5, 5.41) is 15.7. The molecule has 6 aromatic heterocycles. The molecule has 0 radical (unpaired) electrons. The highest BCUT2D eigenvalue weighted by Gasteiger charge is 2.20. The lowest BCUT2D eigenvalue weighted by molar-refractivity contribution is 0.437. The van der Waals surface area contributed by atoms with Crippen LogP contribution in [0.15, 0.2) is 106 Å². The van der Waals surface area contributed by atoms with E-state index in [2.05, 4.69) is 59.7 Å². The number of benzene rings is 1. The predicted molar refractivity (Wildman–Crippen MR) is 203 cm³/mol. The average molecular weight is 748 g/mol. The molecule has 1 aliphatic rings. The number of H-pyrrole nitrogens is 2. The van der Waals surface area contributed by atoms with Crippen molar-refractivity contribution in [1.29, 1.82) is 0 Å². The lowest BCUT2D eigenvalue weighted by atomic mass is 9.87. The second-order valence-electron chi connectivity index (χ2n) is 12.6. The number of anilines is 2. The largest absolute Gasteiger partial charge is 0.366 e. The normalized spacial score (nSPS) is 13.2. The van der Waals surface area contributed by atoms with Crippen molar-refractivity contribution in [3.05, 3.63) is 139 Å². The van der Waals surface area contributed by atoms with Crippen molar-refractivity contribution in [3.63, 3.8) is 0 Å². The zero-order chi connectivity index (χ0) is 35.2. The number of halogens is 1. The average Bonchev–Trinajstić information content (AvgIpc) is 3.77. The summed E-state index contributed by atoms with van der Waals surface area (Å²) in [5.74, 6) is 2.26. The number of rotatable bonds is 9. The van der Waals surface area contributed by atoms with Crippen molar-refractivity contribution < 1.29 is 0 Å². The maximum atomic E-state index is 11.5. The number of nitrogens with zero attached hydrogens (tertiary/aromatic N) is 6. The van der Waals surface area contributed by atoms with Crippen molar-refractivity contribution in [2.24, 2.45) is 0 Å². The van der Waals surface area contributed by atoms with Crippen LogP contribution in [0.25, 0.3) is 22.6 Å². The molecule has 13 heteroatoms. The molecule has 0 bridgehead atoms. The summed E-state index contributed by atoms with van der Waals surface area (Å²) in [6.45, 7) is 3.18. The lowest BCUT2D eigenvalue weighted by Gasteiger charge is -2.22. The molecule has 1 aromatic carbocycles. The summed E-state index contributed by atoms with van der Waals surface area (Å²) in [6, 6.07) is 21.1. The fourth-order valence-electron chi connectivity index (χ4n) is 6.41. The number of aromatic nitrogens is 8. The number of hydrogen-bond acceptors (Lipinski definition) is 8. The molecule has 8 rings (SSSR count). The van der Waals surface area contributed by atoms with Gasteiger partial charge in [-0.15, -0.1) is 0 Å². The highest BCUT2D eigenvalue weighted by Crippen LogP contribution is 2.34. The van der Waals surface area contributed by atoms with E-state index in [9.17, 15) is 9.59 Å². The minimum absolute atomic E-state index is 0.0936. The first-order valence-corrected chi connectivity index (χ1v) is 18.0. The van der Waals surface area contributed by atoms with Gasteiger partial charge in [0.05, 0.1) is 22.6 Å². The molecule has 12 nitrogen and oxygen atoms in total. The third-order valence-corrected chi connectivity index (χ3v) is 9.65. The SMILES string of the molecule is CCc1cnn2c(NCc3cc[nH]c(=O)c3)cc(-c3ccccc3)nc12.O=c1cc(CNc2cc(C3CCCCC3)nc3c(Br)cnn23)cc[nH]1. The van der Waals surface area contributed by atoms with Crippen molar-refractivity contribution in [3.8, 4) is 11.3 Å². The highest BCUT2D eigenvalue weighted by atomic mass is 79.9. The second kappa shape index (κ2) is 15.5. The number of fused-ring (bicyclic) bond motifs is 2. The standard InChI is InChI=1S/C20H19N5O.C18H20BrN5O/c1-2-15-13-23-25-18(22-12-14-8-9-21-19(26)10-14)11-17(24-20(15)25)16-6-4-3-5-7-16;19-14-11-22-24-16(21-10-12-6-7-20-17(25)8-12)9-15(23-18(14)24)13-4-2-1-3-5-13/h3-11,13,22H,2,12H2,1H3,(H,21,26);6-9,11,13,21H,1-5,10H2,(H,20,25). The molecule has 1 aliphatic carbocycles. The van der Waals surface area contributed by atoms with Crippen LogP contribution in [0.4, 0.5) is 11.6 Å². The van der Waals surface area contributed by atoms with Gasteiger partial charge >= 0.3 is 0 Å². The first kappa shape index (κ1) is 33.9. The van der Waals surface area contributed by atoms with Gasteiger partial charge in [-0.05, 0) is 58.5 Å². The number of aromatic amines is 2. The molecule has 0 spiro atoms. The van der Waals surface area contributed by atoms with Crippen LogP contribution in [0.2, 0.25) is 0 Å². The van der Waals surface area contributed by atoms with Gasteiger partial charge in [0.1, 0.15) is 11.6 Å². The van der Waals surface area contributed by atoms with Crippen molar-refractivity contribution >= 4 is 38.9 Å². The van der Waals surface area contributed by atoms with Gasteiger partial charge < -0.3 is 20.6 Å². The van der Waals surface area contributed by atoms with Gasteiger partial charge in [-0.3, -0.25) is 9.59 Å². The van der Waals surface area contributed by atoms with E-state index in [-0.39, 0.29) is 11.1 Å². The fourth-order valence-corrected chi connectivity index (χ4v) is 6.76. The molecule has 51 heavy (non-hydrogen) atoms. The molecular formula is C38H39BrN10O2. The number of nitrogens with one attached hydrogen (secondary N) is 4. The number of aryl methyl sites for hydroxylation is 1. The monoisotopic (exact) mass is 746 g/mol. The van der Waals surface area contributed by atoms with Gasteiger partial charge in [-0.25, -0.2) is 9.97 Å². The van der Waals surface area contributed by atoms with E-state index in [1.807, 2.05) is 63.8 Å². The predicted octanol–water partition coefficient (Wildman–Crippen LogP) is 7.10. The topological polar surface area (TPSA) is 150 Å². The van der Waals surface area contributed by atoms with Crippen LogP contribution in [0, 0.1) is 0 Å². The van der Waals surface area contributed by atoms with Crippen LogP contribution in [0.3, 0.4) is 0 Å². The van der Waals surface area contributed by atoms with Crippen LogP contribution < -0.4 is 21.8 Å². The Balaban J connectivity index is 0.000000159. The Bertz CT molecular complexity index is 2370. The van der Waals surface area contributed by atoms with E-state index in [1.165, 1.54) is 32.1 Å². The molecule has 0 saturated heterocycles. The molecule has 4 N–H and O–H groups in total. The van der Waals surface area contributed by atoms with Gasteiger partial charge in [0, 0.05) is 72.5 Å². The smallest absolute Gasteiger partial charge is 0.248 e. The van der Waals surface area contributed by atoms with Gasteiger partial charge in [0.2, 0.25) is 11.1 Å². The zero-order valence-electron chi connectivity index (χ0n) is 28.3. The molecule has 1 saturated carbocycles. The molecule has 1 fully saturated rings. The van der Waals surface area contributed by atoms with E-state index < -0.39 is 0 Å². The first-order valence-electron chi connectivity index (χ1n) is 17.3. The number of pyridine rings is 2. The van der Waals surface area contributed by atoms with E-state index in [0.29, 0.717) is 19.0 Å². The second-order valence-corrected chi connectivity index (χ2v) is 13.5. The van der Waals surface area contributed by atoms with Gasteiger partial charge in [-0.1, -0.05) is 56.5 Å². The van der Waals surface area contributed by atoms with Crippen molar-refractivity contribution in [2.75, 3.05) is 10.6 Å². The Morgan fingerprint density at radius 1 is 0.765 bits per heavy atom. The Morgan fingerprint density at radius 2 is 1.39 bits per heavy atom. The summed E-state index contributed by atoms with van der Waals surface area (Å²) >= 11 is 3.55. The van der Waals surface area contributed by atoms with E-state index in [1.54, 1.807) is 30.7 Å². The molecule has 260 valence electrons. The maximum absolute atomic E-state index is 11.5. The minimum Gasteiger partial charge on any atom is -0.366 e. The van der Waals surface area contributed by atoms with E-state index in [0.717, 1.165) is 67.5 Å². The van der Waals surface area contributed by atoms with Crippen LogP contribution in [-0.2, 0) is 19.5 Å². The molecular weight excluding hydrogens is 708 g/mol. The quantitative estimate of drug-likeness (QED) is 0.122. The molecule has 0 unspecified atom stereocenters. The van der Waals surface area contributed by atoms with Crippen molar-refractivity contribution in [2.45, 2.75) is 64.5 Å². The molecule has 6 heterocycles.